The summed E-state index contributed by atoms with van der Waals surface area (Å²) >= 11 is 0. The number of rotatable bonds is 3. The number of carbonyl (C=O) groups is 3. The SMILES string of the molecule is O=C(c1ccc(F)cc1)n1c2c(c3ccccc31)CC(C(=O)O)(C(=O)O)CC2. The van der Waals surface area contributed by atoms with E-state index in [1.165, 1.54) is 28.8 Å². The van der Waals surface area contributed by atoms with Crippen LogP contribution in [0.1, 0.15) is 28.0 Å². The number of carbonyl (C=O) groups excluding carboxylic acids is 1. The molecule has 1 aliphatic rings. The first-order valence-corrected chi connectivity index (χ1v) is 8.73. The van der Waals surface area contributed by atoms with E-state index in [0.717, 1.165) is 0 Å². The quantitative estimate of drug-likeness (QED) is 0.680. The number of hydrogen-bond donors (Lipinski definition) is 2. The highest BCUT2D eigenvalue weighted by Crippen LogP contribution is 2.41. The molecule has 7 heteroatoms. The molecule has 1 heterocycles. The molecule has 2 N–H and O–H groups in total. The van der Waals surface area contributed by atoms with E-state index in [2.05, 4.69) is 0 Å². The molecule has 0 atom stereocenters. The summed E-state index contributed by atoms with van der Waals surface area (Å²) in [6.45, 7) is 0. The predicted octanol–water partition coefficient (Wildman–Crippen LogP) is 3.11. The van der Waals surface area contributed by atoms with Gasteiger partial charge in [0.1, 0.15) is 5.82 Å². The lowest BCUT2D eigenvalue weighted by Crippen LogP contribution is -2.44. The summed E-state index contributed by atoms with van der Waals surface area (Å²) in [6, 6.07) is 12.2. The topological polar surface area (TPSA) is 96.6 Å². The molecule has 6 nitrogen and oxygen atoms in total. The highest BCUT2D eigenvalue weighted by atomic mass is 19.1. The molecule has 0 spiro atoms. The Morgan fingerprint density at radius 2 is 1.61 bits per heavy atom. The Bertz CT molecular complexity index is 1120. The van der Waals surface area contributed by atoms with Gasteiger partial charge >= 0.3 is 11.9 Å². The molecular weight excluding hydrogens is 365 g/mol. The Morgan fingerprint density at radius 1 is 0.964 bits per heavy atom. The van der Waals surface area contributed by atoms with Gasteiger partial charge in [0.05, 0.1) is 5.52 Å². The molecule has 2 aromatic carbocycles. The molecule has 0 unspecified atom stereocenters. The monoisotopic (exact) mass is 381 g/mol. The second kappa shape index (κ2) is 6.30. The summed E-state index contributed by atoms with van der Waals surface area (Å²) < 4.78 is 14.7. The van der Waals surface area contributed by atoms with Gasteiger partial charge in [-0.2, -0.15) is 0 Å². The van der Waals surface area contributed by atoms with E-state index in [4.69, 9.17) is 0 Å². The smallest absolute Gasteiger partial charge is 0.321 e. The average Bonchev–Trinajstić information content (AvgIpc) is 3.01. The fraction of sp³-hybridized carbons (Fsp3) is 0.190. The fourth-order valence-electron chi connectivity index (χ4n) is 3.95. The van der Waals surface area contributed by atoms with Crippen LogP contribution >= 0.6 is 0 Å². The van der Waals surface area contributed by atoms with E-state index in [9.17, 15) is 29.0 Å². The van der Waals surface area contributed by atoms with Crippen LogP contribution in [0.5, 0.6) is 0 Å². The van der Waals surface area contributed by atoms with Crippen LogP contribution in [0.2, 0.25) is 0 Å². The van der Waals surface area contributed by atoms with Crippen LogP contribution in [0.3, 0.4) is 0 Å². The number of carboxylic acids is 2. The van der Waals surface area contributed by atoms with E-state index in [0.29, 0.717) is 27.7 Å². The van der Waals surface area contributed by atoms with Crippen LogP contribution in [0.4, 0.5) is 4.39 Å². The van der Waals surface area contributed by atoms with Crippen molar-refractivity contribution in [2.75, 3.05) is 0 Å². The fourth-order valence-corrected chi connectivity index (χ4v) is 3.95. The molecule has 0 saturated heterocycles. The average molecular weight is 381 g/mol. The number of nitrogens with zero attached hydrogens (tertiary/aromatic N) is 1. The molecule has 4 rings (SSSR count). The van der Waals surface area contributed by atoms with Crippen molar-refractivity contribution >= 4 is 28.7 Å². The van der Waals surface area contributed by atoms with Gasteiger partial charge in [-0.25, -0.2) is 4.39 Å². The van der Waals surface area contributed by atoms with E-state index in [1.54, 1.807) is 24.3 Å². The third kappa shape index (κ3) is 2.51. The van der Waals surface area contributed by atoms with Crippen LogP contribution in [0, 0.1) is 11.2 Å². The zero-order chi connectivity index (χ0) is 20.1. The third-order valence-corrected chi connectivity index (χ3v) is 5.47. The molecule has 142 valence electrons. The van der Waals surface area contributed by atoms with Crippen molar-refractivity contribution in [1.82, 2.24) is 4.57 Å². The summed E-state index contributed by atoms with van der Waals surface area (Å²) in [4.78, 5) is 36.7. The lowest BCUT2D eigenvalue weighted by atomic mass is 9.72. The molecule has 0 saturated carbocycles. The zero-order valence-corrected chi connectivity index (χ0v) is 14.7. The minimum atomic E-state index is -1.92. The first-order chi connectivity index (χ1) is 13.3. The van der Waals surface area contributed by atoms with Crippen LogP contribution in [0.25, 0.3) is 10.9 Å². The van der Waals surface area contributed by atoms with Crippen molar-refractivity contribution in [3.05, 3.63) is 71.2 Å². The lowest BCUT2D eigenvalue weighted by molar-refractivity contribution is -0.165. The Balaban J connectivity index is 1.92. The van der Waals surface area contributed by atoms with E-state index in [1.807, 2.05) is 0 Å². The van der Waals surface area contributed by atoms with Crippen molar-refractivity contribution in [2.45, 2.75) is 19.3 Å². The summed E-state index contributed by atoms with van der Waals surface area (Å²) in [6.07, 6.45) is -0.176. The van der Waals surface area contributed by atoms with Crippen molar-refractivity contribution in [2.24, 2.45) is 5.41 Å². The number of benzene rings is 2. The maximum Gasteiger partial charge on any atom is 0.321 e. The molecule has 1 aliphatic carbocycles. The number of carboxylic acid groups (broad SMARTS) is 2. The number of hydrogen-bond acceptors (Lipinski definition) is 3. The van der Waals surface area contributed by atoms with Gasteiger partial charge in [0.15, 0.2) is 5.41 Å². The maximum absolute atomic E-state index is 13.2. The van der Waals surface area contributed by atoms with Crippen molar-refractivity contribution in [3.63, 3.8) is 0 Å². The number of fused-ring (bicyclic) bond motifs is 3. The van der Waals surface area contributed by atoms with Gasteiger partial charge in [-0.1, -0.05) is 18.2 Å². The highest BCUT2D eigenvalue weighted by Gasteiger charge is 2.50. The number of aromatic nitrogens is 1. The lowest BCUT2D eigenvalue weighted by Gasteiger charge is -2.29. The molecular formula is C21H16FNO5. The molecule has 0 bridgehead atoms. The largest absolute Gasteiger partial charge is 0.480 e. The van der Waals surface area contributed by atoms with Gasteiger partial charge in [0, 0.05) is 23.1 Å². The van der Waals surface area contributed by atoms with Crippen LogP contribution in [-0.2, 0) is 22.4 Å². The summed E-state index contributed by atoms with van der Waals surface area (Å²) in [5.74, 6) is -3.58. The Labute approximate surface area is 158 Å². The molecule has 0 aliphatic heterocycles. The van der Waals surface area contributed by atoms with Crippen LogP contribution < -0.4 is 0 Å². The Morgan fingerprint density at radius 3 is 2.25 bits per heavy atom. The zero-order valence-electron chi connectivity index (χ0n) is 14.7. The molecule has 1 aromatic heterocycles. The second-order valence-corrected chi connectivity index (χ2v) is 6.96. The van der Waals surface area contributed by atoms with Gasteiger partial charge in [-0.05, 0) is 48.7 Å². The maximum atomic E-state index is 13.2. The minimum Gasteiger partial charge on any atom is -0.480 e. The third-order valence-electron chi connectivity index (χ3n) is 5.47. The molecule has 28 heavy (non-hydrogen) atoms. The number of aliphatic carboxylic acids is 2. The predicted molar refractivity (Wildman–Crippen MR) is 97.8 cm³/mol. The number of para-hydroxylation sites is 1. The van der Waals surface area contributed by atoms with Crippen LogP contribution in [0.15, 0.2) is 48.5 Å². The first kappa shape index (κ1) is 17.9. The highest BCUT2D eigenvalue weighted by molar-refractivity contribution is 6.05. The Kier molecular flexibility index (Phi) is 4.03. The first-order valence-electron chi connectivity index (χ1n) is 8.73. The summed E-state index contributed by atoms with van der Waals surface area (Å²) in [5.41, 5.74) is 0.114. The molecule has 3 aromatic rings. The van der Waals surface area contributed by atoms with Gasteiger partial charge in [0.2, 0.25) is 0 Å². The summed E-state index contributed by atoms with van der Waals surface area (Å²) in [5, 5.41) is 19.8. The van der Waals surface area contributed by atoms with Gasteiger partial charge in [0.25, 0.3) is 5.91 Å². The van der Waals surface area contributed by atoms with E-state index < -0.39 is 23.2 Å². The normalized spacial score (nSPS) is 15.2. The standard InChI is InChI=1S/C21H16FNO5/c22-13-7-5-12(6-8-13)18(24)23-16-4-2-1-3-14(16)15-11-21(19(25)26,20(27)28)10-9-17(15)23/h1-8H,9-11H2,(H,25,26)(H,27,28). The molecule has 0 radical (unpaired) electrons. The van der Waals surface area contributed by atoms with Gasteiger partial charge < -0.3 is 10.2 Å². The summed E-state index contributed by atoms with van der Waals surface area (Å²) in [7, 11) is 0. The van der Waals surface area contributed by atoms with Crippen molar-refractivity contribution in [1.29, 1.82) is 0 Å². The van der Waals surface area contributed by atoms with Crippen LogP contribution in [-0.4, -0.2) is 32.6 Å². The van der Waals surface area contributed by atoms with E-state index in [-0.39, 0.29) is 25.2 Å². The van der Waals surface area contributed by atoms with Crippen molar-refractivity contribution < 1.29 is 29.0 Å². The minimum absolute atomic E-state index is 0.113. The van der Waals surface area contributed by atoms with Gasteiger partial charge in [-0.3, -0.25) is 19.0 Å². The number of halogens is 1. The van der Waals surface area contributed by atoms with E-state index >= 15 is 0 Å². The Hall–Kier alpha value is -3.48. The molecule has 0 fully saturated rings. The second-order valence-electron chi connectivity index (χ2n) is 6.96. The van der Waals surface area contributed by atoms with Gasteiger partial charge in [-0.15, -0.1) is 0 Å². The van der Waals surface area contributed by atoms with Crippen molar-refractivity contribution in [3.8, 4) is 0 Å². The molecule has 0 amide bonds.